The molecule has 1 heterocycles. The van der Waals surface area contributed by atoms with E-state index >= 15 is 0 Å². The van der Waals surface area contributed by atoms with Gasteiger partial charge >= 0.3 is 0 Å². The summed E-state index contributed by atoms with van der Waals surface area (Å²) in [6, 6.07) is 7.70. The molecule has 0 saturated heterocycles. The lowest BCUT2D eigenvalue weighted by Gasteiger charge is -2.11. The first-order valence-corrected chi connectivity index (χ1v) is 6.97. The Morgan fingerprint density at radius 3 is 2.53 bits per heavy atom. The van der Waals surface area contributed by atoms with E-state index < -0.39 is 0 Å². The number of nitrogens with zero attached hydrogens (tertiary/aromatic N) is 2. The van der Waals surface area contributed by atoms with Crippen LogP contribution in [0.3, 0.4) is 0 Å². The van der Waals surface area contributed by atoms with Crippen LogP contribution in [0.25, 0.3) is 0 Å². The fraction of sp³-hybridized carbons (Fsp3) is 0.357. The van der Waals surface area contributed by atoms with E-state index in [-0.39, 0.29) is 6.04 Å². The van der Waals surface area contributed by atoms with E-state index in [9.17, 15) is 0 Å². The lowest BCUT2D eigenvalue weighted by atomic mass is 10.0. The summed E-state index contributed by atoms with van der Waals surface area (Å²) in [6.07, 6.45) is 2.65. The van der Waals surface area contributed by atoms with Crippen LogP contribution in [0.15, 0.2) is 30.5 Å². The van der Waals surface area contributed by atoms with Crippen LogP contribution < -0.4 is 5.73 Å². The lowest BCUT2D eigenvalue weighted by molar-refractivity contribution is 0.522. The summed E-state index contributed by atoms with van der Waals surface area (Å²) < 4.78 is 1.93. The van der Waals surface area contributed by atoms with Gasteiger partial charge in [0.25, 0.3) is 0 Å². The zero-order valence-electron chi connectivity index (χ0n) is 11.0. The summed E-state index contributed by atoms with van der Waals surface area (Å²) in [5, 5.41) is 5.57. The number of aromatic nitrogens is 2. The van der Waals surface area contributed by atoms with Crippen molar-refractivity contribution < 1.29 is 0 Å². The highest BCUT2D eigenvalue weighted by atomic mass is 35.5. The molecule has 1 atom stereocenters. The smallest absolute Gasteiger partial charge is 0.0643 e. The topological polar surface area (TPSA) is 43.8 Å². The summed E-state index contributed by atoms with van der Waals surface area (Å²) in [4.78, 5) is 0. The highest BCUT2D eigenvalue weighted by Gasteiger charge is 2.11. The van der Waals surface area contributed by atoms with Gasteiger partial charge in [-0.15, -0.1) is 0 Å². The Bertz CT molecular complexity index is 564. The Labute approximate surface area is 123 Å². The predicted molar refractivity (Wildman–Crippen MR) is 79.7 cm³/mol. The van der Waals surface area contributed by atoms with E-state index in [1.807, 2.05) is 29.1 Å². The molecule has 0 bridgehead atoms. The van der Waals surface area contributed by atoms with Crippen LogP contribution in [0.2, 0.25) is 10.0 Å². The molecule has 2 aromatic rings. The molecule has 0 saturated carbocycles. The van der Waals surface area contributed by atoms with E-state index in [0.29, 0.717) is 22.5 Å². The summed E-state index contributed by atoms with van der Waals surface area (Å²) >= 11 is 11.9. The van der Waals surface area contributed by atoms with Crippen molar-refractivity contribution in [3.63, 3.8) is 0 Å². The molecule has 102 valence electrons. The summed E-state index contributed by atoms with van der Waals surface area (Å²) in [5.74, 6) is 0. The van der Waals surface area contributed by atoms with Crippen LogP contribution in [-0.4, -0.2) is 9.78 Å². The maximum Gasteiger partial charge on any atom is 0.0643 e. The van der Waals surface area contributed by atoms with Gasteiger partial charge in [0.05, 0.1) is 15.7 Å². The second-order valence-corrected chi connectivity index (χ2v) is 5.68. The highest BCUT2D eigenvalue weighted by molar-refractivity contribution is 6.42. The number of hydrogen-bond donors (Lipinski definition) is 1. The molecule has 5 heteroatoms. The number of nitrogens with two attached hydrogens (primary N) is 1. The Morgan fingerprint density at radius 2 is 1.95 bits per heavy atom. The number of benzene rings is 1. The summed E-state index contributed by atoms with van der Waals surface area (Å²) in [6.45, 7) is 4.19. The zero-order chi connectivity index (χ0) is 14.0. The zero-order valence-corrected chi connectivity index (χ0v) is 12.5. The fourth-order valence-electron chi connectivity index (χ4n) is 1.86. The first kappa shape index (κ1) is 14.4. The second kappa shape index (κ2) is 5.95. The Balaban J connectivity index is 2.11. The largest absolute Gasteiger partial charge is 0.324 e. The van der Waals surface area contributed by atoms with Crippen molar-refractivity contribution in [2.24, 2.45) is 5.73 Å². The molecule has 0 aliphatic rings. The van der Waals surface area contributed by atoms with Crippen molar-refractivity contribution in [1.82, 2.24) is 9.78 Å². The highest BCUT2D eigenvalue weighted by Crippen LogP contribution is 2.26. The molecule has 3 nitrogen and oxygen atoms in total. The molecule has 0 amide bonds. The average Bonchev–Trinajstić information content (AvgIpc) is 2.81. The Hall–Kier alpha value is -1.03. The third kappa shape index (κ3) is 3.50. The molecular weight excluding hydrogens is 281 g/mol. The van der Waals surface area contributed by atoms with Crippen LogP contribution in [0.4, 0.5) is 0 Å². The molecule has 0 spiro atoms. The molecule has 2 N–H and O–H groups in total. The van der Waals surface area contributed by atoms with Gasteiger partial charge in [-0.3, -0.25) is 4.68 Å². The normalized spacial score (nSPS) is 12.9. The van der Waals surface area contributed by atoms with Crippen molar-refractivity contribution in [3.05, 3.63) is 51.8 Å². The van der Waals surface area contributed by atoms with E-state index in [0.717, 1.165) is 11.3 Å². The van der Waals surface area contributed by atoms with Gasteiger partial charge in [-0.2, -0.15) is 5.10 Å². The third-order valence-corrected chi connectivity index (χ3v) is 3.73. The minimum atomic E-state index is -0.134. The molecule has 0 radical (unpaired) electrons. The second-order valence-electron chi connectivity index (χ2n) is 4.86. The van der Waals surface area contributed by atoms with Crippen LogP contribution in [-0.2, 0) is 6.42 Å². The summed E-state index contributed by atoms with van der Waals surface area (Å²) in [5.41, 5.74) is 8.13. The number of halogens is 2. The fourth-order valence-corrected chi connectivity index (χ4v) is 2.17. The van der Waals surface area contributed by atoms with Crippen LogP contribution in [0.5, 0.6) is 0 Å². The van der Waals surface area contributed by atoms with E-state index in [1.165, 1.54) is 0 Å². The number of hydrogen-bond acceptors (Lipinski definition) is 2. The summed E-state index contributed by atoms with van der Waals surface area (Å²) in [7, 11) is 0. The van der Waals surface area contributed by atoms with Gasteiger partial charge in [0.2, 0.25) is 0 Å². The van der Waals surface area contributed by atoms with Gasteiger partial charge in [0.15, 0.2) is 0 Å². The first-order valence-electron chi connectivity index (χ1n) is 6.22. The average molecular weight is 298 g/mol. The molecule has 1 aromatic carbocycles. The van der Waals surface area contributed by atoms with E-state index in [4.69, 9.17) is 28.9 Å². The first-order chi connectivity index (χ1) is 8.97. The van der Waals surface area contributed by atoms with Crippen molar-refractivity contribution in [1.29, 1.82) is 0 Å². The molecule has 0 fully saturated rings. The SMILES string of the molecule is CC(C)n1ccc(CC(N)c2ccc(Cl)c(Cl)c2)n1. The quantitative estimate of drug-likeness (QED) is 0.926. The Morgan fingerprint density at radius 1 is 1.21 bits per heavy atom. The molecule has 0 aliphatic heterocycles. The Kier molecular flexibility index (Phi) is 4.50. The number of rotatable bonds is 4. The monoisotopic (exact) mass is 297 g/mol. The van der Waals surface area contributed by atoms with Gasteiger partial charge in [-0.05, 0) is 37.6 Å². The van der Waals surface area contributed by atoms with Gasteiger partial charge in [0, 0.05) is 24.7 Å². The van der Waals surface area contributed by atoms with Crippen molar-refractivity contribution >= 4 is 23.2 Å². The van der Waals surface area contributed by atoms with Gasteiger partial charge in [-0.1, -0.05) is 29.3 Å². The van der Waals surface area contributed by atoms with Crippen LogP contribution in [0, 0.1) is 0 Å². The molecule has 0 aliphatic carbocycles. The van der Waals surface area contributed by atoms with Crippen molar-refractivity contribution in [2.45, 2.75) is 32.4 Å². The molecule has 19 heavy (non-hydrogen) atoms. The van der Waals surface area contributed by atoms with E-state index in [2.05, 4.69) is 18.9 Å². The van der Waals surface area contributed by atoms with Crippen molar-refractivity contribution in [3.8, 4) is 0 Å². The minimum absolute atomic E-state index is 0.134. The molecule has 1 aromatic heterocycles. The third-order valence-electron chi connectivity index (χ3n) is 2.99. The minimum Gasteiger partial charge on any atom is -0.324 e. The molecule has 2 rings (SSSR count). The van der Waals surface area contributed by atoms with Crippen LogP contribution >= 0.6 is 23.2 Å². The molecule has 1 unspecified atom stereocenters. The van der Waals surface area contributed by atoms with Crippen LogP contribution in [0.1, 0.15) is 37.2 Å². The van der Waals surface area contributed by atoms with Gasteiger partial charge in [-0.25, -0.2) is 0 Å². The standard InChI is InChI=1S/C14H17Cl2N3/c1-9(2)19-6-5-11(18-19)8-14(17)10-3-4-12(15)13(16)7-10/h3-7,9,14H,8,17H2,1-2H3. The van der Waals surface area contributed by atoms with Gasteiger partial charge < -0.3 is 5.73 Å². The van der Waals surface area contributed by atoms with E-state index in [1.54, 1.807) is 6.07 Å². The lowest BCUT2D eigenvalue weighted by Crippen LogP contribution is -2.14. The van der Waals surface area contributed by atoms with Gasteiger partial charge in [0.1, 0.15) is 0 Å². The van der Waals surface area contributed by atoms with Crippen molar-refractivity contribution in [2.75, 3.05) is 0 Å². The maximum absolute atomic E-state index is 6.18. The molecular formula is C14H17Cl2N3. The maximum atomic E-state index is 6.18. The predicted octanol–water partition coefficient (Wildman–Crippen LogP) is 4.01.